The zero-order chi connectivity index (χ0) is 20.5. The van der Waals surface area contributed by atoms with Crippen LogP contribution < -0.4 is 5.32 Å². The Bertz CT molecular complexity index is 285. The Balaban J connectivity index is 0. The van der Waals surface area contributed by atoms with Crippen molar-refractivity contribution in [2.75, 3.05) is 12.3 Å². The Morgan fingerprint density at radius 1 is 0.552 bits per heavy atom. The van der Waals surface area contributed by atoms with Gasteiger partial charge in [-0.2, -0.15) is 0 Å². The zero-order valence-electron chi connectivity index (χ0n) is 19.7. The molecule has 0 amide bonds. The van der Waals surface area contributed by atoms with Gasteiger partial charge in [-0.15, -0.1) is 0 Å². The average Bonchev–Trinajstić information content (AvgIpc) is 2.70. The molecule has 0 aromatic heterocycles. The molecule has 0 saturated heterocycles. The maximum Gasteiger partial charge on any atom is 0.133 e. The van der Waals surface area contributed by atoms with E-state index in [9.17, 15) is 0 Å². The fraction of sp³-hybridized carbons (Fsp3) is 0.960. The van der Waals surface area contributed by atoms with Gasteiger partial charge in [0, 0.05) is 29.4 Å². The van der Waals surface area contributed by atoms with Gasteiger partial charge in [-0.3, -0.25) is 0 Å². The molecular formula is C25H51FeNS2. The number of rotatable bonds is 22. The second kappa shape index (κ2) is 28.8. The summed E-state index contributed by atoms with van der Waals surface area (Å²) < 4.78 is 1.02. The first kappa shape index (κ1) is 31.9. The standard InChI is InChI=1S/C25H51NS2.Fe/c1-3-5-7-9-11-13-15-17-19-21-23-26-25(27)28-24-22-20-18-16-14-12-10-8-6-4-2;/h3-24H2,1-2H3,(H,26,27);. The molecule has 0 rings (SSSR count). The first-order valence-electron chi connectivity index (χ1n) is 12.7. The summed E-state index contributed by atoms with van der Waals surface area (Å²) in [6.07, 6.45) is 28.1. The van der Waals surface area contributed by atoms with Crippen LogP contribution >= 0.6 is 24.0 Å². The number of hydrogen-bond donors (Lipinski definition) is 1. The molecule has 0 saturated carbocycles. The summed E-state index contributed by atoms with van der Waals surface area (Å²) in [5, 5.41) is 3.44. The molecular weight excluding hydrogens is 434 g/mol. The summed E-state index contributed by atoms with van der Waals surface area (Å²) in [4.78, 5) is 0. The van der Waals surface area contributed by atoms with Gasteiger partial charge in [0.05, 0.1) is 0 Å². The van der Waals surface area contributed by atoms with Crippen LogP contribution in [-0.2, 0) is 17.1 Å². The van der Waals surface area contributed by atoms with Crippen LogP contribution in [0.3, 0.4) is 0 Å². The van der Waals surface area contributed by atoms with Gasteiger partial charge < -0.3 is 5.32 Å². The van der Waals surface area contributed by atoms with Gasteiger partial charge >= 0.3 is 0 Å². The van der Waals surface area contributed by atoms with Crippen LogP contribution in [0.15, 0.2) is 0 Å². The summed E-state index contributed by atoms with van der Waals surface area (Å²) >= 11 is 7.30. The average molecular weight is 486 g/mol. The molecule has 1 nitrogen and oxygen atoms in total. The fourth-order valence-electron chi connectivity index (χ4n) is 3.61. The molecule has 0 spiro atoms. The van der Waals surface area contributed by atoms with Crippen molar-refractivity contribution >= 4 is 28.3 Å². The van der Waals surface area contributed by atoms with E-state index in [4.69, 9.17) is 12.2 Å². The summed E-state index contributed by atoms with van der Waals surface area (Å²) in [6, 6.07) is 0. The Kier molecular flexibility index (Phi) is 31.7. The number of hydrogen-bond acceptors (Lipinski definition) is 2. The SMILES string of the molecule is CCCCCCCCCCCCNC(=S)SCCCCCCCCCCCC.[Fe]. The van der Waals surface area contributed by atoms with E-state index in [1.54, 1.807) is 0 Å². The maximum atomic E-state index is 5.45. The van der Waals surface area contributed by atoms with Crippen molar-refractivity contribution in [2.24, 2.45) is 0 Å². The molecule has 176 valence electrons. The second-order valence-corrected chi connectivity index (χ2v) is 10.2. The van der Waals surface area contributed by atoms with Crippen LogP contribution in [0.25, 0.3) is 0 Å². The van der Waals surface area contributed by atoms with Gasteiger partial charge in [-0.05, 0) is 12.8 Å². The Hall–Kier alpha value is 0.759. The largest absolute Gasteiger partial charge is 0.371 e. The predicted molar refractivity (Wildman–Crippen MR) is 137 cm³/mol. The topological polar surface area (TPSA) is 12.0 Å². The molecule has 0 heterocycles. The first-order valence-corrected chi connectivity index (χ1v) is 14.1. The minimum atomic E-state index is 0. The molecule has 1 N–H and O–H groups in total. The van der Waals surface area contributed by atoms with Crippen LogP contribution in [0, 0.1) is 0 Å². The van der Waals surface area contributed by atoms with E-state index in [0.717, 1.165) is 10.9 Å². The van der Waals surface area contributed by atoms with Gasteiger partial charge in [-0.25, -0.2) is 0 Å². The van der Waals surface area contributed by atoms with Crippen LogP contribution in [0.5, 0.6) is 0 Å². The molecule has 0 aliphatic carbocycles. The van der Waals surface area contributed by atoms with Crippen LogP contribution in [-0.4, -0.2) is 16.6 Å². The molecule has 0 fully saturated rings. The summed E-state index contributed by atoms with van der Waals surface area (Å²) in [5.41, 5.74) is 0. The monoisotopic (exact) mass is 485 g/mol. The van der Waals surface area contributed by atoms with Crippen LogP contribution in [0.2, 0.25) is 0 Å². The Morgan fingerprint density at radius 2 is 0.897 bits per heavy atom. The smallest absolute Gasteiger partial charge is 0.133 e. The quantitative estimate of drug-likeness (QED) is 0.0931. The van der Waals surface area contributed by atoms with E-state index >= 15 is 0 Å². The first-order chi connectivity index (χ1) is 13.8. The molecule has 0 aliphatic rings. The molecule has 4 heteroatoms. The van der Waals surface area contributed by atoms with Gasteiger partial charge in [0.1, 0.15) is 4.32 Å². The summed E-state index contributed by atoms with van der Waals surface area (Å²) in [7, 11) is 0. The molecule has 29 heavy (non-hydrogen) atoms. The number of thioether (sulfide) groups is 1. The number of unbranched alkanes of at least 4 members (excludes halogenated alkanes) is 18. The van der Waals surface area contributed by atoms with Crippen molar-refractivity contribution < 1.29 is 17.1 Å². The zero-order valence-corrected chi connectivity index (χ0v) is 22.5. The van der Waals surface area contributed by atoms with E-state index in [2.05, 4.69) is 19.2 Å². The van der Waals surface area contributed by atoms with Crippen molar-refractivity contribution in [1.29, 1.82) is 0 Å². The third-order valence-corrected chi connectivity index (χ3v) is 6.93. The van der Waals surface area contributed by atoms with Gasteiger partial charge in [-0.1, -0.05) is 153 Å². The Morgan fingerprint density at radius 3 is 1.31 bits per heavy atom. The Labute approximate surface area is 204 Å². The van der Waals surface area contributed by atoms with Gasteiger partial charge in [0.2, 0.25) is 0 Å². The summed E-state index contributed by atoms with van der Waals surface area (Å²) in [6.45, 7) is 5.65. The van der Waals surface area contributed by atoms with E-state index in [1.807, 2.05) is 11.8 Å². The van der Waals surface area contributed by atoms with Crippen molar-refractivity contribution in [1.82, 2.24) is 5.32 Å². The van der Waals surface area contributed by atoms with E-state index in [1.165, 1.54) is 134 Å². The number of thiocarbonyl (C=S) groups is 1. The fourth-order valence-corrected chi connectivity index (χ4v) is 4.70. The maximum absolute atomic E-state index is 5.45. The van der Waals surface area contributed by atoms with E-state index in [0.29, 0.717) is 0 Å². The van der Waals surface area contributed by atoms with Gasteiger partial charge in [0.25, 0.3) is 0 Å². The summed E-state index contributed by atoms with van der Waals surface area (Å²) in [5.74, 6) is 1.19. The minimum absolute atomic E-state index is 0. The molecule has 0 aromatic carbocycles. The van der Waals surface area contributed by atoms with E-state index < -0.39 is 0 Å². The molecule has 0 radical (unpaired) electrons. The molecule has 0 unspecified atom stereocenters. The third kappa shape index (κ3) is 28.8. The third-order valence-electron chi connectivity index (χ3n) is 5.53. The van der Waals surface area contributed by atoms with Crippen molar-refractivity contribution in [2.45, 2.75) is 142 Å². The predicted octanol–water partition coefficient (Wildman–Crippen LogP) is 9.43. The normalized spacial score (nSPS) is 10.7. The number of nitrogens with one attached hydrogen (secondary N) is 1. The van der Waals surface area contributed by atoms with E-state index in [-0.39, 0.29) is 17.1 Å². The minimum Gasteiger partial charge on any atom is -0.371 e. The second-order valence-electron chi connectivity index (χ2n) is 8.43. The molecule has 0 aliphatic heterocycles. The molecule has 0 bridgehead atoms. The van der Waals surface area contributed by atoms with Crippen molar-refractivity contribution in [3.8, 4) is 0 Å². The van der Waals surface area contributed by atoms with Gasteiger partial charge in [0.15, 0.2) is 0 Å². The molecule has 0 atom stereocenters. The van der Waals surface area contributed by atoms with Crippen LogP contribution in [0.1, 0.15) is 142 Å². The molecule has 0 aromatic rings. The van der Waals surface area contributed by atoms with Crippen LogP contribution in [0.4, 0.5) is 0 Å². The van der Waals surface area contributed by atoms with Crippen molar-refractivity contribution in [3.63, 3.8) is 0 Å². The van der Waals surface area contributed by atoms with Crippen molar-refractivity contribution in [3.05, 3.63) is 0 Å².